The lowest BCUT2D eigenvalue weighted by Crippen LogP contribution is -2.51. The van der Waals surface area contributed by atoms with Crippen LogP contribution in [0.4, 0.5) is 0 Å². The van der Waals surface area contributed by atoms with E-state index < -0.39 is 17.9 Å². The number of carbonyl (C=O) groups excluding carboxylic acids is 3. The number of carbonyl (C=O) groups is 3. The molecule has 1 unspecified atom stereocenters. The van der Waals surface area contributed by atoms with Gasteiger partial charge in [-0.1, -0.05) is 24.3 Å². The fourth-order valence-electron chi connectivity index (χ4n) is 2.95. The van der Waals surface area contributed by atoms with E-state index in [-0.39, 0.29) is 5.91 Å². The lowest BCUT2D eigenvalue weighted by molar-refractivity contribution is -0.123. The third kappa shape index (κ3) is 4.46. The molecule has 1 atom stereocenters. The predicted octanol–water partition coefficient (Wildman–Crippen LogP) is 3.14. The van der Waals surface area contributed by atoms with E-state index >= 15 is 0 Å². The number of nitrogens with zero attached hydrogens (tertiary/aromatic N) is 1. The summed E-state index contributed by atoms with van der Waals surface area (Å²) in [4.78, 5) is 42.3. The van der Waals surface area contributed by atoms with E-state index in [1.165, 1.54) is 24.5 Å². The molecule has 0 spiro atoms. The monoisotopic (exact) mass is 434 g/mol. The second kappa shape index (κ2) is 8.80. The maximum absolute atomic E-state index is 12.8. The number of hydrogen-bond donors (Lipinski definition) is 3. The Bertz CT molecular complexity index is 1240. The molecule has 0 aliphatic carbocycles. The summed E-state index contributed by atoms with van der Waals surface area (Å²) >= 11 is 1.27. The van der Waals surface area contributed by atoms with Crippen molar-refractivity contribution in [2.75, 3.05) is 0 Å². The van der Waals surface area contributed by atoms with Gasteiger partial charge in [-0.25, -0.2) is 4.98 Å². The zero-order chi connectivity index (χ0) is 21.8. The number of furan rings is 1. The van der Waals surface area contributed by atoms with Crippen molar-refractivity contribution in [3.8, 4) is 11.5 Å². The molecule has 1 aromatic carbocycles. The Balaban J connectivity index is 1.48. The molecule has 0 saturated heterocycles. The Labute approximate surface area is 181 Å². The fourth-order valence-corrected chi connectivity index (χ4v) is 3.58. The zero-order valence-electron chi connectivity index (χ0n) is 16.4. The molecule has 156 valence electrons. The number of thiophene rings is 1. The van der Waals surface area contributed by atoms with Gasteiger partial charge in [0.2, 0.25) is 0 Å². The Hall–Kier alpha value is -3.98. The van der Waals surface area contributed by atoms with Gasteiger partial charge in [-0.3, -0.25) is 25.2 Å². The van der Waals surface area contributed by atoms with Gasteiger partial charge in [-0.05, 0) is 42.6 Å². The number of rotatable bonds is 5. The summed E-state index contributed by atoms with van der Waals surface area (Å²) in [6, 6.07) is 14.8. The molecule has 4 aromatic rings. The van der Waals surface area contributed by atoms with Gasteiger partial charge in [0.1, 0.15) is 11.7 Å². The molecule has 8 nitrogen and oxygen atoms in total. The number of hydrogen-bond acceptors (Lipinski definition) is 6. The topological polar surface area (TPSA) is 113 Å². The lowest BCUT2D eigenvalue weighted by atomic mass is 10.1. The highest BCUT2D eigenvalue weighted by Crippen LogP contribution is 2.25. The molecule has 3 aromatic heterocycles. The molecule has 0 aliphatic rings. The zero-order valence-corrected chi connectivity index (χ0v) is 17.2. The fraction of sp³-hybridized carbons (Fsp3) is 0.0909. The van der Waals surface area contributed by atoms with Gasteiger partial charge in [-0.2, -0.15) is 0 Å². The smallest absolute Gasteiger partial charge is 0.270 e. The van der Waals surface area contributed by atoms with Crippen molar-refractivity contribution in [1.29, 1.82) is 0 Å². The average Bonchev–Trinajstić information content (AvgIpc) is 3.50. The minimum Gasteiger partial charge on any atom is -0.463 e. The van der Waals surface area contributed by atoms with E-state index in [1.807, 2.05) is 6.07 Å². The molecule has 3 N–H and O–H groups in total. The molecule has 0 saturated carbocycles. The third-order valence-electron chi connectivity index (χ3n) is 4.52. The molecule has 3 heterocycles. The molecular weight excluding hydrogens is 416 g/mol. The van der Waals surface area contributed by atoms with Crippen LogP contribution < -0.4 is 16.2 Å². The summed E-state index contributed by atoms with van der Waals surface area (Å²) in [5, 5.41) is 4.99. The normalized spacial score (nSPS) is 11.6. The van der Waals surface area contributed by atoms with Crippen LogP contribution >= 0.6 is 11.3 Å². The Morgan fingerprint density at radius 1 is 1.00 bits per heavy atom. The first-order valence-corrected chi connectivity index (χ1v) is 10.3. The molecule has 31 heavy (non-hydrogen) atoms. The van der Waals surface area contributed by atoms with Gasteiger partial charge in [0.15, 0.2) is 5.76 Å². The van der Waals surface area contributed by atoms with Gasteiger partial charge in [0, 0.05) is 5.39 Å². The van der Waals surface area contributed by atoms with Crippen LogP contribution in [0.15, 0.2) is 70.7 Å². The molecule has 0 aliphatic heterocycles. The number of para-hydroxylation sites is 1. The number of aromatic nitrogens is 1. The van der Waals surface area contributed by atoms with Crippen molar-refractivity contribution < 1.29 is 18.8 Å². The maximum Gasteiger partial charge on any atom is 0.270 e. The Morgan fingerprint density at radius 3 is 2.58 bits per heavy atom. The number of nitrogens with one attached hydrogen (secondary N) is 3. The molecule has 4 rings (SSSR count). The van der Waals surface area contributed by atoms with Gasteiger partial charge in [-0.15, -0.1) is 11.3 Å². The Kier molecular flexibility index (Phi) is 5.76. The first-order chi connectivity index (χ1) is 15.0. The van der Waals surface area contributed by atoms with Crippen molar-refractivity contribution in [2.45, 2.75) is 13.0 Å². The highest BCUT2D eigenvalue weighted by Gasteiger charge is 2.19. The maximum atomic E-state index is 12.8. The van der Waals surface area contributed by atoms with E-state index in [1.54, 1.807) is 53.9 Å². The minimum absolute atomic E-state index is 0.326. The quantitative estimate of drug-likeness (QED) is 0.418. The summed E-state index contributed by atoms with van der Waals surface area (Å²) < 4.78 is 5.40. The van der Waals surface area contributed by atoms with Crippen LogP contribution in [0, 0.1) is 0 Å². The first kappa shape index (κ1) is 20.3. The van der Waals surface area contributed by atoms with Crippen molar-refractivity contribution >= 4 is 40.0 Å². The molecule has 0 fully saturated rings. The number of benzene rings is 1. The lowest BCUT2D eigenvalue weighted by Gasteiger charge is -2.15. The van der Waals surface area contributed by atoms with E-state index in [0.717, 1.165) is 0 Å². The molecular formula is C22H18N4O4S. The standard InChI is InChI=1S/C22H18N4O4S/c1-13(23-22(29)19-9-5-11-31-19)20(27)25-26-21(28)15-12-17(18-8-4-10-30-18)24-16-7-3-2-6-14(15)16/h2-13H,1H3,(H,23,29)(H,25,27)(H,26,28). The largest absolute Gasteiger partial charge is 0.463 e. The highest BCUT2D eigenvalue weighted by molar-refractivity contribution is 7.12. The molecule has 0 radical (unpaired) electrons. The highest BCUT2D eigenvalue weighted by atomic mass is 32.1. The SMILES string of the molecule is CC(NC(=O)c1cccs1)C(=O)NNC(=O)c1cc(-c2ccco2)nc2ccccc12. The van der Waals surface area contributed by atoms with Gasteiger partial charge in [0.25, 0.3) is 17.7 Å². The van der Waals surface area contributed by atoms with E-state index in [9.17, 15) is 14.4 Å². The Morgan fingerprint density at radius 2 is 1.84 bits per heavy atom. The van der Waals surface area contributed by atoms with Crippen molar-refractivity contribution in [2.24, 2.45) is 0 Å². The summed E-state index contributed by atoms with van der Waals surface area (Å²) in [5.74, 6) is -0.902. The summed E-state index contributed by atoms with van der Waals surface area (Å²) in [6.07, 6.45) is 1.53. The summed E-state index contributed by atoms with van der Waals surface area (Å²) in [6.45, 7) is 1.53. The van der Waals surface area contributed by atoms with Gasteiger partial charge < -0.3 is 9.73 Å². The second-order valence-corrected chi connectivity index (χ2v) is 7.61. The van der Waals surface area contributed by atoms with Gasteiger partial charge >= 0.3 is 0 Å². The molecule has 0 bridgehead atoms. The minimum atomic E-state index is -0.845. The average molecular weight is 434 g/mol. The second-order valence-electron chi connectivity index (χ2n) is 6.67. The summed E-state index contributed by atoms with van der Waals surface area (Å²) in [5.41, 5.74) is 6.20. The van der Waals surface area contributed by atoms with Crippen LogP contribution in [0.1, 0.15) is 27.0 Å². The van der Waals surface area contributed by atoms with Crippen LogP contribution in [-0.4, -0.2) is 28.7 Å². The van der Waals surface area contributed by atoms with Crippen molar-refractivity contribution in [1.82, 2.24) is 21.2 Å². The number of hydrazine groups is 1. The summed E-state index contributed by atoms with van der Waals surface area (Å²) in [7, 11) is 0. The van der Waals surface area contributed by atoms with Crippen LogP contribution in [0.25, 0.3) is 22.4 Å². The molecule has 9 heteroatoms. The van der Waals surface area contributed by atoms with Crippen LogP contribution in [0.2, 0.25) is 0 Å². The first-order valence-electron chi connectivity index (χ1n) is 9.41. The number of fused-ring (bicyclic) bond motifs is 1. The van der Waals surface area contributed by atoms with Gasteiger partial charge in [0.05, 0.1) is 22.2 Å². The van der Waals surface area contributed by atoms with E-state index in [2.05, 4.69) is 21.2 Å². The van der Waals surface area contributed by atoms with Crippen LogP contribution in [0.5, 0.6) is 0 Å². The van der Waals surface area contributed by atoms with E-state index in [4.69, 9.17) is 4.42 Å². The van der Waals surface area contributed by atoms with E-state index in [0.29, 0.717) is 32.8 Å². The third-order valence-corrected chi connectivity index (χ3v) is 5.39. The molecule has 3 amide bonds. The predicted molar refractivity (Wildman–Crippen MR) is 116 cm³/mol. The van der Waals surface area contributed by atoms with Crippen molar-refractivity contribution in [3.63, 3.8) is 0 Å². The van der Waals surface area contributed by atoms with Crippen LogP contribution in [0.3, 0.4) is 0 Å². The van der Waals surface area contributed by atoms with Crippen molar-refractivity contribution in [3.05, 3.63) is 76.7 Å². The number of pyridine rings is 1. The van der Waals surface area contributed by atoms with Crippen LogP contribution in [-0.2, 0) is 4.79 Å². The number of amides is 3.